The summed E-state index contributed by atoms with van der Waals surface area (Å²) in [4.78, 5) is 0. The Bertz CT molecular complexity index is 555. The van der Waals surface area contributed by atoms with E-state index < -0.39 is 0 Å². The number of rotatable bonds is 4. The fraction of sp³-hybridized carbons (Fsp3) is 0.200. The first-order valence-electron chi connectivity index (χ1n) is 6.08. The minimum atomic E-state index is 0.0813. The second-order valence-corrected chi connectivity index (χ2v) is 5.73. The summed E-state index contributed by atoms with van der Waals surface area (Å²) in [7, 11) is 0. The fourth-order valence-electron chi connectivity index (χ4n) is 1.86. The molecule has 0 saturated carbocycles. The number of halogens is 2. The molecule has 2 aromatic rings. The van der Waals surface area contributed by atoms with E-state index in [4.69, 9.17) is 17.3 Å². The molecule has 0 aromatic heterocycles. The zero-order valence-corrected chi connectivity index (χ0v) is 13.0. The summed E-state index contributed by atoms with van der Waals surface area (Å²) in [6.07, 6.45) is 0. The summed E-state index contributed by atoms with van der Waals surface area (Å²) < 4.78 is 0.888. The molecule has 2 nitrogen and oxygen atoms in total. The number of nitrogens with one attached hydrogen (secondary N) is 1. The van der Waals surface area contributed by atoms with Crippen molar-refractivity contribution < 1.29 is 0 Å². The van der Waals surface area contributed by atoms with Crippen molar-refractivity contribution in [1.29, 1.82) is 0 Å². The van der Waals surface area contributed by atoms with E-state index in [1.807, 2.05) is 18.2 Å². The van der Waals surface area contributed by atoms with Crippen LogP contribution in [-0.2, 0) is 0 Å². The van der Waals surface area contributed by atoms with E-state index in [0.29, 0.717) is 11.6 Å². The smallest absolute Gasteiger partial charge is 0.0636 e. The van der Waals surface area contributed by atoms with Gasteiger partial charge in [0, 0.05) is 16.7 Å². The van der Waals surface area contributed by atoms with Gasteiger partial charge in [0.15, 0.2) is 0 Å². The Balaban J connectivity index is 2.18. The zero-order chi connectivity index (χ0) is 13.8. The summed E-state index contributed by atoms with van der Waals surface area (Å²) in [5.74, 6) is 0. The first-order chi connectivity index (χ1) is 9.10. The third-order valence-corrected chi connectivity index (χ3v) is 4.21. The van der Waals surface area contributed by atoms with Gasteiger partial charge in [0.1, 0.15) is 0 Å². The minimum absolute atomic E-state index is 0.0813. The number of benzene rings is 2. The molecule has 1 atom stereocenters. The van der Waals surface area contributed by atoms with Crippen molar-refractivity contribution >= 4 is 33.2 Å². The second kappa shape index (κ2) is 6.42. The average molecular weight is 340 g/mol. The highest BCUT2D eigenvalue weighted by atomic mass is 79.9. The summed E-state index contributed by atoms with van der Waals surface area (Å²) in [5, 5.41) is 4.09. The molecule has 0 aliphatic carbocycles. The van der Waals surface area contributed by atoms with Crippen LogP contribution >= 0.6 is 27.5 Å². The number of hydrogen-bond acceptors (Lipinski definition) is 2. The van der Waals surface area contributed by atoms with E-state index in [0.717, 1.165) is 10.2 Å². The number of nitrogens with two attached hydrogens (primary N) is 1. The first kappa shape index (κ1) is 14.4. The van der Waals surface area contributed by atoms with Gasteiger partial charge < -0.3 is 11.1 Å². The lowest BCUT2D eigenvalue weighted by atomic mass is 10.0. The Labute approximate surface area is 127 Å². The van der Waals surface area contributed by atoms with Crippen LogP contribution in [0.25, 0.3) is 0 Å². The van der Waals surface area contributed by atoms with E-state index in [1.54, 1.807) is 0 Å². The van der Waals surface area contributed by atoms with Crippen LogP contribution < -0.4 is 11.1 Å². The SMILES string of the molecule is Cc1ccc(C(CN)Nc2ccc(Br)c(Cl)c2)cc1. The Hall–Kier alpha value is -1.03. The van der Waals surface area contributed by atoms with E-state index in [-0.39, 0.29) is 6.04 Å². The quantitative estimate of drug-likeness (QED) is 0.859. The zero-order valence-electron chi connectivity index (χ0n) is 10.7. The second-order valence-electron chi connectivity index (χ2n) is 4.47. The van der Waals surface area contributed by atoms with Gasteiger partial charge in [0.25, 0.3) is 0 Å². The Morgan fingerprint density at radius 3 is 2.47 bits per heavy atom. The summed E-state index contributed by atoms with van der Waals surface area (Å²) in [6, 6.07) is 14.3. The highest BCUT2D eigenvalue weighted by Crippen LogP contribution is 2.27. The maximum Gasteiger partial charge on any atom is 0.0636 e. The summed E-state index contributed by atoms with van der Waals surface area (Å²) >= 11 is 9.47. The molecule has 0 fully saturated rings. The van der Waals surface area contributed by atoms with Crippen LogP contribution in [-0.4, -0.2) is 6.54 Å². The largest absolute Gasteiger partial charge is 0.377 e. The monoisotopic (exact) mass is 338 g/mol. The molecule has 0 bridgehead atoms. The van der Waals surface area contributed by atoms with Crippen LogP contribution in [0, 0.1) is 6.92 Å². The van der Waals surface area contributed by atoms with E-state index in [2.05, 4.69) is 52.4 Å². The molecule has 4 heteroatoms. The molecular weight excluding hydrogens is 324 g/mol. The molecule has 0 spiro atoms. The van der Waals surface area contributed by atoms with Crippen LogP contribution in [0.5, 0.6) is 0 Å². The molecule has 0 radical (unpaired) electrons. The maximum atomic E-state index is 6.09. The lowest BCUT2D eigenvalue weighted by molar-refractivity contribution is 0.789. The lowest BCUT2D eigenvalue weighted by Crippen LogP contribution is -2.20. The predicted octanol–water partition coefficient (Wildman–Crippen LogP) is 4.52. The number of hydrogen-bond donors (Lipinski definition) is 2. The van der Waals surface area contributed by atoms with Crippen molar-refractivity contribution in [3.63, 3.8) is 0 Å². The third-order valence-electron chi connectivity index (χ3n) is 2.98. The molecule has 19 heavy (non-hydrogen) atoms. The molecule has 2 rings (SSSR count). The van der Waals surface area contributed by atoms with Gasteiger partial charge in [-0.25, -0.2) is 0 Å². The number of aryl methyl sites for hydroxylation is 1. The average Bonchev–Trinajstić information content (AvgIpc) is 2.41. The van der Waals surface area contributed by atoms with Crippen molar-refractivity contribution in [1.82, 2.24) is 0 Å². The molecule has 2 aromatic carbocycles. The highest BCUT2D eigenvalue weighted by Gasteiger charge is 2.09. The van der Waals surface area contributed by atoms with Crippen LogP contribution in [0.15, 0.2) is 46.9 Å². The molecule has 0 aliphatic rings. The van der Waals surface area contributed by atoms with E-state index in [1.165, 1.54) is 11.1 Å². The van der Waals surface area contributed by atoms with Crippen LogP contribution in [0.1, 0.15) is 17.2 Å². The predicted molar refractivity (Wildman–Crippen MR) is 85.7 cm³/mol. The first-order valence-corrected chi connectivity index (χ1v) is 7.25. The van der Waals surface area contributed by atoms with Gasteiger partial charge in [-0.05, 0) is 46.6 Å². The van der Waals surface area contributed by atoms with Crippen molar-refractivity contribution in [2.45, 2.75) is 13.0 Å². The molecular formula is C15H16BrClN2. The Kier molecular flexibility index (Phi) is 4.86. The molecule has 1 unspecified atom stereocenters. The van der Waals surface area contributed by atoms with Crippen molar-refractivity contribution in [3.8, 4) is 0 Å². The summed E-state index contributed by atoms with van der Waals surface area (Å²) in [5.41, 5.74) is 9.23. The van der Waals surface area contributed by atoms with Gasteiger partial charge in [0.05, 0.1) is 11.1 Å². The molecule has 100 valence electrons. The number of anilines is 1. The van der Waals surface area contributed by atoms with Gasteiger partial charge in [0.2, 0.25) is 0 Å². The van der Waals surface area contributed by atoms with Crippen LogP contribution in [0.4, 0.5) is 5.69 Å². The standard InChI is InChI=1S/C15H16BrClN2/c1-10-2-4-11(5-3-10)15(9-18)19-12-6-7-13(16)14(17)8-12/h2-8,15,19H,9,18H2,1H3. The topological polar surface area (TPSA) is 38.0 Å². The Morgan fingerprint density at radius 1 is 1.21 bits per heavy atom. The van der Waals surface area contributed by atoms with E-state index in [9.17, 15) is 0 Å². The minimum Gasteiger partial charge on any atom is -0.377 e. The Morgan fingerprint density at radius 2 is 1.89 bits per heavy atom. The van der Waals surface area contributed by atoms with Crippen molar-refractivity contribution in [2.24, 2.45) is 5.73 Å². The molecule has 0 aliphatic heterocycles. The van der Waals surface area contributed by atoms with Gasteiger partial charge in [-0.15, -0.1) is 0 Å². The maximum absolute atomic E-state index is 6.09. The van der Waals surface area contributed by atoms with Gasteiger partial charge in [-0.1, -0.05) is 41.4 Å². The third kappa shape index (κ3) is 3.72. The van der Waals surface area contributed by atoms with Crippen LogP contribution in [0.2, 0.25) is 5.02 Å². The van der Waals surface area contributed by atoms with E-state index >= 15 is 0 Å². The van der Waals surface area contributed by atoms with Crippen molar-refractivity contribution in [2.75, 3.05) is 11.9 Å². The fourth-order valence-corrected chi connectivity index (χ4v) is 2.29. The van der Waals surface area contributed by atoms with Gasteiger partial charge >= 0.3 is 0 Å². The molecule has 0 heterocycles. The van der Waals surface area contributed by atoms with Gasteiger partial charge in [-0.3, -0.25) is 0 Å². The lowest BCUT2D eigenvalue weighted by Gasteiger charge is -2.19. The molecule has 0 amide bonds. The highest BCUT2D eigenvalue weighted by molar-refractivity contribution is 9.10. The van der Waals surface area contributed by atoms with Crippen LogP contribution in [0.3, 0.4) is 0 Å². The van der Waals surface area contributed by atoms with Crippen molar-refractivity contribution in [3.05, 3.63) is 63.1 Å². The normalized spacial score (nSPS) is 12.2. The van der Waals surface area contributed by atoms with Gasteiger partial charge in [-0.2, -0.15) is 0 Å². The summed E-state index contributed by atoms with van der Waals surface area (Å²) in [6.45, 7) is 2.60. The molecule has 0 saturated heterocycles. The molecule has 3 N–H and O–H groups in total.